The van der Waals surface area contributed by atoms with Crippen LogP contribution in [0.3, 0.4) is 0 Å². The Morgan fingerprint density at radius 2 is 2.25 bits per heavy atom. The summed E-state index contributed by atoms with van der Waals surface area (Å²) in [6.45, 7) is 6.69. The third kappa shape index (κ3) is 3.30. The van der Waals surface area contributed by atoms with Gasteiger partial charge in [-0.1, -0.05) is 6.07 Å². The largest absolute Gasteiger partial charge is 0.444 e. The number of rotatable bonds is 1. The number of hydrogen-bond acceptors (Lipinski definition) is 3. The van der Waals surface area contributed by atoms with Gasteiger partial charge in [0, 0.05) is 37.3 Å². The minimum absolute atomic E-state index is 0.00622. The second kappa shape index (κ2) is 5.54. The van der Waals surface area contributed by atoms with E-state index in [0.717, 1.165) is 5.56 Å². The van der Waals surface area contributed by atoms with Gasteiger partial charge in [0.2, 0.25) is 0 Å². The van der Waals surface area contributed by atoms with Crippen molar-refractivity contribution in [1.29, 1.82) is 0 Å². The van der Waals surface area contributed by atoms with E-state index in [4.69, 9.17) is 11.2 Å². The first-order valence-electron chi connectivity index (χ1n) is 6.74. The fourth-order valence-corrected chi connectivity index (χ4v) is 2.38. The molecular formula is C16H20N2O2. The maximum absolute atomic E-state index is 12.1. The van der Waals surface area contributed by atoms with Crippen LogP contribution in [0.2, 0.25) is 0 Å². The van der Waals surface area contributed by atoms with Crippen molar-refractivity contribution in [2.75, 3.05) is 13.1 Å². The second-order valence-corrected chi connectivity index (χ2v) is 6.05. The molecule has 1 saturated heterocycles. The Bertz CT molecular complexity index is 514. The zero-order chi connectivity index (χ0) is 14.8. The summed E-state index contributed by atoms with van der Waals surface area (Å²) in [7, 11) is 0. The van der Waals surface area contributed by atoms with Crippen molar-refractivity contribution in [3.63, 3.8) is 0 Å². The van der Waals surface area contributed by atoms with Crippen molar-refractivity contribution in [2.24, 2.45) is 5.92 Å². The third-order valence-electron chi connectivity index (χ3n) is 3.30. The molecule has 1 aromatic rings. The highest BCUT2D eigenvalue weighted by Gasteiger charge is 2.37. The van der Waals surface area contributed by atoms with Crippen LogP contribution in [-0.4, -0.2) is 34.7 Å². The zero-order valence-corrected chi connectivity index (χ0v) is 12.2. The lowest BCUT2D eigenvalue weighted by molar-refractivity contribution is 0.0289. The third-order valence-corrected chi connectivity index (χ3v) is 3.30. The quantitative estimate of drug-likeness (QED) is 0.738. The van der Waals surface area contributed by atoms with Gasteiger partial charge in [0.1, 0.15) is 5.60 Å². The number of carbonyl (C=O) groups excluding carboxylic acids is 1. The number of ether oxygens (including phenoxy) is 1. The average Bonchev–Trinajstić information content (AvgIpc) is 2.82. The molecule has 1 amide bonds. The lowest BCUT2D eigenvalue weighted by atomic mass is 9.91. The molecule has 0 radical (unpaired) electrons. The van der Waals surface area contributed by atoms with Crippen LogP contribution >= 0.6 is 0 Å². The summed E-state index contributed by atoms with van der Waals surface area (Å²) in [5.41, 5.74) is 0.580. The minimum Gasteiger partial charge on any atom is -0.444 e. The molecule has 0 aliphatic carbocycles. The van der Waals surface area contributed by atoms with Crippen LogP contribution in [0.5, 0.6) is 0 Å². The summed E-state index contributed by atoms with van der Waals surface area (Å²) in [5, 5.41) is 0. The summed E-state index contributed by atoms with van der Waals surface area (Å²) in [6, 6.07) is 3.89. The predicted molar refractivity (Wildman–Crippen MR) is 77.1 cm³/mol. The molecule has 106 valence electrons. The fraction of sp³-hybridized carbons (Fsp3) is 0.500. The normalized spacial score (nSPS) is 22.4. The molecule has 1 unspecified atom stereocenters. The van der Waals surface area contributed by atoms with E-state index in [1.54, 1.807) is 11.1 Å². The van der Waals surface area contributed by atoms with Crippen LogP contribution in [-0.2, 0) is 4.74 Å². The summed E-state index contributed by atoms with van der Waals surface area (Å²) in [4.78, 5) is 17.9. The molecule has 1 fully saturated rings. The van der Waals surface area contributed by atoms with Gasteiger partial charge in [0.15, 0.2) is 0 Å². The van der Waals surface area contributed by atoms with Crippen molar-refractivity contribution in [3.8, 4) is 12.3 Å². The Labute approximate surface area is 120 Å². The molecule has 1 aromatic heterocycles. The zero-order valence-electron chi connectivity index (χ0n) is 12.2. The smallest absolute Gasteiger partial charge is 0.410 e. The summed E-state index contributed by atoms with van der Waals surface area (Å²) in [5.74, 6) is 2.92. The van der Waals surface area contributed by atoms with E-state index in [0.29, 0.717) is 13.1 Å². The van der Waals surface area contributed by atoms with Crippen LogP contribution in [0.4, 0.5) is 4.79 Å². The minimum atomic E-state index is -0.491. The molecule has 20 heavy (non-hydrogen) atoms. The van der Waals surface area contributed by atoms with Crippen LogP contribution in [0.15, 0.2) is 24.5 Å². The Morgan fingerprint density at radius 3 is 2.80 bits per heavy atom. The molecule has 2 atom stereocenters. The van der Waals surface area contributed by atoms with E-state index in [9.17, 15) is 4.79 Å². The van der Waals surface area contributed by atoms with E-state index < -0.39 is 5.60 Å². The molecule has 0 aromatic carbocycles. The molecule has 4 nitrogen and oxygen atoms in total. The van der Waals surface area contributed by atoms with E-state index in [2.05, 4.69) is 10.9 Å². The molecule has 2 heterocycles. The Morgan fingerprint density at radius 1 is 1.50 bits per heavy atom. The van der Waals surface area contributed by atoms with Crippen LogP contribution in [0.1, 0.15) is 32.3 Å². The molecule has 1 aliphatic heterocycles. The molecular weight excluding hydrogens is 252 g/mol. The van der Waals surface area contributed by atoms with E-state index in [-0.39, 0.29) is 17.9 Å². The van der Waals surface area contributed by atoms with Crippen molar-refractivity contribution >= 4 is 6.09 Å². The number of aromatic nitrogens is 1. The SMILES string of the molecule is C#C[C@@H]1CN(C(=O)OC(C)(C)C)CC1c1cccnc1. The first-order valence-corrected chi connectivity index (χ1v) is 6.74. The number of hydrogen-bond donors (Lipinski definition) is 0. The van der Waals surface area contributed by atoms with Gasteiger partial charge in [-0.25, -0.2) is 4.79 Å². The van der Waals surface area contributed by atoms with Gasteiger partial charge >= 0.3 is 6.09 Å². The molecule has 0 spiro atoms. The monoisotopic (exact) mass is 272 g/mol. The number of nitrogens with zero attached hydrogens (tertiary/aromatic N) is 2. The number of pyridine rings is 1. The Balaban J connectivity index is 2.11. The highest BCUT2D eigenvalue weighted by Crippen LogP contribution is 2.32. The second-order valence-electron chi connectivity index (χ2n) is 6.05. The van der Waals surface area contributed by atoms with Crippen LogP contribution in [0, 0.1) is 18.3 Å². The fourth-order valence-electron chi connectivity index (χ4n) is 2.38. The maximum atomic E-state index is 12.1. The van der Waals surface area contributed by atoms with Crippen LogP contribution < -0.4 is 0 Å². The molecule has 2 rings (SSSR count). The topological polar surface area (TPSA) is 42.4 Å². The average molecular weight is 272 g/mol. The van der Waals surface area contributed by atoms with Gasteiger partial charge < -0.3 is 9.64 Å². The molecule has 0 N–H and O–H groups in total. The highest BCUT2D eigenvalue weighted by atomic mass is 16.6. The number of likely N-dealkylation sites (tertiary alicyclic amines) is 1. The van der Waals surface area contributed by atoms with Gasteiger partial charge in [-0.2, -0.15) is 0 Å². The van der Waals surface area contributed by atoms with Gasteiger partial charge in [-0.3, -0.25) is 4.98 Å². The number of carbonyl (C=O) groups is 1. The van der Waals surface area contributed by atoms with Gasteiger partial charge in [0.05, 0.1) is 0 Å². The van der Waals surface area contributed by atoms with Gasteiger partial charge in [-0.05, 0) is 32.4 Å². The lowest BCUT2D eigenvalue weighted by Crippen LogP contribution is -2.35. The number of amides is 1. The van der Waals surface area contributed by atoms with Crippen molar-refractivity contribution in [3.05, 3.63) is 30.1 Å². The molecule has 4 heteroatoms. The molecule has 0 bridgehead atoms. The Kier molecular flexibility index (Phi) is 3.99. The highest BCUT2D eigenvalue weighted by molar-refractivity contribution is 5.69. The first kappa shape index (κ1) is 14.4. The molecule has 1 aliphatic rings. The summed E-state index contributed by atoms with van der Waals surface area (Å²) < 4.78 is 5.40. The Hall–Kier alpha value is -2.02. The standard InChI is InChI=1S/C16H20N2O2/c1-5-12-10-18(15(19)20-16(2,3)4)11-14(12)13-7-6-8-17-9-13/h1,6-9,12,14H,10-11H2,2-4H3/t12-,14?/m1/s1. The van der Waals surface area contributed by atoms with Crippen molar-refractivity contribution in [1.82, 2.24) is 9.88 Å². The van der Waals surface area contributed by atoms with E-state index in [1.165, 1.54) is 0 Å². The van der Waals surface area contributed by atoms with E-state index in [1.807, 2.05) is 39.1 Å². The van der Waals surface area contributed by atoms with Crippen molar-refractivity contribution < 1.29 is 9.53 Å². The van der Waals surface area contributed by atoms with Crippen molar-refractivity contribution in [2.45, 2.75) is 32.3 Å². The summed E-state index contributed by atoms with van der Waals surface area (Å²) >= 11 is 0. The van der Waals surface area contributed by atoms with Crippen LogP contribution in [0.25, 0.3) is 0 Å². The van der Waals surface area contributed by atoms with E-state index >= 15 is 0 Å². The van der Waals surface area contributed by atoms with Gasteiger partial charge in [0.25, 0.3) is 0 Å². The predicted octanol–water partition coefficient (Wildman–Crippen LogP) is 2.67. The molecule has 0 saturated carbocycles. The first-order chi connectivity index (χ1) is 9.40. The maximum Gasteiger partial charge on any atom is 0.410 e. The summed E-state index contributed by atoms with van der Waals surface area (Å²) in [6.07, 6.45) is 8.84. The number of terminal acetylenes is 1. The van der Waals surface area contributed by atoms with Gasteiger partial charge in [-0.15, -0.1) is 12.3 Å². The lowest BCUT2D eigenvalue weighted by Gasteiger charge is -2.24.